The van der Waals surface area contributed by atoms with E-state index in [1.165, 1.54) is 0 Å². The van der Waals surface area contributed by atoms with E-state index < -0.39 is 0 Å². The van der Waals surface area contributed by atoms with Crippen LogP contribution >= 0.6 is 0 Å². The van der Waals surface area contributed by atoms with Gasteiger partial charge in [-0.25, -0.2) is 0 Å². The largest absolute Gasteiger partial charge is 0.372 e. The molecule has 1 aliphatic rings. The van der Waals surface area contributed by atoms with Gasteiger partial charge in [0.05, 0.1) is 0 Å². The predicted octanol–water partition coefficient (Wildman–Crippen LogP) is 0.851. The van der Waals surface area contributed by atoms with Crippen LogP contribution in [-0.4, -0.2) is 42.9 Å². The van der Waals surface area contributed by atoms with Crippen molar-refractivity contribution in [2.45, 2.75) is 26.7 Å². The van der Waals surface area contributed by atoms with E-state index >= 15 is 0 Å². The van der Waals surface area contributed by atoms with Crippen LogP contribution in [-0.2, 0) is 14.3 Å². The molecule has 0 N–H and O–H groups in total. The molecule has 1 amide bonds. The second-order valence-electron chi connectivity index (χ2n) is 3.80. The minimum absolute atomic E-state index is 0.00259. The van der Waals surface area contributed by atoms with Crippen LogP contribution in [0.2, 0.25) is 0 Å². The number of amides is 1. The van der Waals surface area contributed by atoms with Gasteiger partial charge in [0, 0.05) is 32.0 Å². The van der Waals surface area contributed by atoms with Crippen molar-refractivity contribution in [3.63, 3.8) is 0 Å². The number of hydrogen-bond donors (Lipinski definition) is 0. The van der Waals surface area contributed by atoms with Crippen LogP contribution < -0.4 is 0 Å². The van der Waals surface area contributed by atoms with Gasteiger partial charge in [-0.15, -0.1) is 0 Å². The van der Waals surface area contributed by atoms with Crippen molar-refractivity contribution in [3.8, 4) is 0 Å². The SMILES string of the molecule is CCOCC(=O)N1CCC(=O)C(CC)C1. The molecule has 0 radical (unpaired) electrons. The highest BCUT2D eigenvalue weighted by molar-refractivity contribution is 5.85. The van der Waals surface area contributed by atoms with E-state index in [2.05, 4.69) is 0 Å². The summed E-state index contributed by atoms with van der Waals surface area (Å²) in [5.74, 6) is 0.324. The molecule has 1 heterocycles. The molecule has 0 aromatic carbocycles. The maximum absolute atomic E-state index is 11.6. The van der Waals surface area contributed by atoms with Crippen molar-refractivity contribution in [1.82, 2.24) is 4.90 Å². The van der Waals surface area contributed by atoms with Crippen LogP contribution in [0.25, 0.3) is 0 Å². The minimum atomic E-state index is 0.00259. The van der Waals surface area contributed by atoms with Crippen LogP contribution in [0, 0.1) is 5.92 Å². The van der Waals surface area contributed by atoms with E-state index in [1.807, 2.05) is 13.8 Å². The van der Waals surface area contributed by atoms with E-state index in [4.69, 9.17) is 4.74 Å². The van der Waals surface area contributed by atoms with E-state index in [0.717, 1.165) is 6.42 Å². The van der Waals surface area contributed by atoms with Crippen LogP contribution in [0.1, 0.15) is 26.7 Å². The Morgan fingerprint density at radius 1 is 1.53 bits per heavy atom. The Bertz CT molecular complexity index is 240. The summed E-state index contributed by atoms with van der Waals surface area (Å²) in [6.45, 7) is 5.67. The number of carbonyl (C=O) groups excluding carboxylic acids is 2. The lowest BCUT2D eigenvalue weighted by Gasteiger charge is -2.31. The highest BCUT2D eigenvalue weighted by Crippen LogP contribution is 2.15. The Kier molecular flexibility index (Phi) is 4.75. The van der Waals surface area contributed by atoms with E-state index in [-0.39, 0.29) is 24.2 Å². The summed E-state index contributed by atoms with van der Waals surface area (Å²) in [7, 11) is 0. The number of piperidine rings is 1. The molecule has 4 heteroatoms. The van der Waals surface area contributed by atoms with Gasteiger partial charge in [-0.1, -0.05) is 6.92 Å². The average molecular weight is 213 g/mol. The van der Waals surface area contributed by atoms with E-state index in [1.54, 1.807) is 4.90 Å². The first-order valence-electron chi connectivity index (χ1n) is 5.57. The zero-order valence-electron chi connectivity index (χ0n) is 9.49. The van der Waals surface area contributed by atoms with Gasteiger partial charge in [-0.3, -0.25) is 9.59 Å². The van der Waals surface area contributed by atoms with Crippen molar-refractivity contribution >= 4 is 11.7 Å². The summed E-state index contributed by atoms with van der Waals surface area (Å²) in [6.07, 6.45) is 1.31. The van der Waals surface area contributed by atoms with Gasteiger partial charge in [-0.05, 0) is 13.3 Å². The first kappa shape index (κ1) is 12.2. The Morgan fingerprint density at radius 2 is 2.27 bits per heavy atom. The molecule has 1 atom stereocenters. The lowest BCUT2D eigenvalue weighted by Crippen LogP contribution is -2.45. The molecule has 0 saturated carbocycles. The standard InChI is InChI=1S/C11H19NO3/c1-3-9-7-12(6-5-10(9)13)11(14)8-15-4-2/h9H,3-8H2,1-2H3. The lowest BCUT2D eigenvalue weighted by atomic mass is 9.94. The second kappa shape index (κ2) is 5.85. The van der Waals surface area contributed by atoms with Gasteiger partial charge >= 0.3 is 0 Å². The molecule has 0 aromatic rings. The first-order valence-corrected chi connectivity index (χ1v) is 5.57. The molecule has 1 aliphatic heterocycles. The fourth-order valence-electron chi connectivity index (χ4n) is 1.77. The first-order chi connectivity index (χ1) is 7.19. The number of ketones is 1. The Morgan fingerprint density at radius 3 is 2.87 bits per heavy atom. The number of hydrogen-bond acceptors (Lipinski definition) is 3. The number of carbonyl (C=O) groups is 2. The fourth-order valence-corrected chi connectivity index (χ4v) is 1.77. The molecule has 0 aliphatic carbocycles. The van der Waals surface area contributed by atoms with E-state index in [0.29, 0.717) is 26.1 Å². The smallest absolute Gasteiger partial charge is 0.248 e. The molecule has 4 nitrogen and oxygen atoms in total. The topological polar surface area (TPSA) is 46.6 Å². The number of likely N-dealkylation sites (tertiary alicyclic amines) is 1. The second-order valence-corrected chi connectivity index (χ2v) is 3.80. The summed E-state index contributed by atoms with van der Waals surface area (Å²) >= 11 is 0. The maximum atomic E-state index is 11.6. The molecule has 1 saturated heterocycles. The molecule has 86 valence electrons. The molecule has 15 heavy (non-hydrogen) atoms. The van der Waals surface area contributed by atoms with Crippen molar-refractivity contribution in [1.29, 1.82) is 0 Å². The summed E-state index contributed by atoms with van der Waals surface area (Å²) in [6, 6.07) is 0. The quantitative estimate of drug-likeness (QED) is 0.695. The zero-order valence-corrected chi connectivity index (χ0v) is 9.49. The predicted molar refractivity (Wildman–Crippen MR) is 56.5 cm³/mol. The van der Waals surface area contributed by atoms with Gasteiger partial charge in [0.15, 0.2) is 0 Å². The lowest BCUT2D eigenvalue weighted by molar-refractivity contribution is -0.140. The number of Topliss-reactive ketones (excluding diaryl/α,β-unsaturated/α-hetero) is 1. The van der Waals surface area contributed by atoms with Gasteiger partial charge < -0.3 is 9.64 Å². The van der Waals surface area contributed by atoms with Gasteiger partial charge in [0.2, 0.25) is 5.91 Å². The monoisotopic (exact) mass is 213 g/mol. The van der Waals surface area contributed by atoms with Crippen LogP contribution in [0.3, 0.4) is 0 Å². The highest BCUT2D eigenvalue weighted by atomic mass is 16.5. The summed E-state index contributed by atoms with van der Waals surface area (Å²) in [5.41, 5.74) is 0. The third kappa shape index (κ3) is 3.30. The molecule has 0 spiro atoms. The summed E-state index contributed by atoms with van der Waals surface area (Å²) in [5, 5.41) is 0. The average Bonchev–Trinajstić information content (AvgIpc) is 2.26. The van der Waals surface area contributed by atoms with Gasteiger partial charge in [-0.2, -0.15) is 0 Å². The van der Waals surface area contributed by atoms with Crippen molar-refractivity contribution < 1.29 is 14.3 Å². The molecular formula is C11H19NO3. The third-order valence-corrected chi connectivity index (χ3v) is 2.80. The molecule has 0 aromatic heterocycles. The van der Waals surface area contributed by atoms with Crippen molar-refractivity contribution in [3.05, 3.63) is 0 Å². The highest BCUT2D eigenvalue weighted by Gasteiger charge is 2.28. The number of ether oxygens (including phenoxy) is 1. The zero-order chi connectivity index (χ0) is 11.3. The Hall–Kier alpha value is -0.900. The molecule has 1 unspecified atom stereocenters. The Balaban J connectivity index is 2.43. The van der Waals surface area contributed by atoms with Crippen LogP contribution in [0.5, 0.6) is 0 Å². The van der Waals surface area contributed by atoms with Crippen LogP contribution in [0.4, 0.5) is 0 Å². The van der Waals surface area contributed by atoms with E-state index in [9.17, 15) is 9.59 Å². The third-order valence-electron chi connectivity index (χ3n) is 2.80. The van der Waals surface area contributed by atoms with Crippen molar-refractivity contribution in [2.24, 2.45) is 5.92 Å². The Labute approximate surface area is 90.6 Å². The molecule has 0 bridgehead atoms. The number of rotatable bonds is 4. The molecule has 1 rings (SSSR count). The molecule has 1 fully saturated rings. The van der Waals surface area contributed by atoms with Crippen LogP contribution in [0.15, 0.2) is 0 Å². The van der Waals surface area contributed by atoms with Gasteiger partial charge in [0.25, 0.3) is 0 Å². The molecular weight excluding hydrogens is 194 g/mol. The normalized spacial score (nSPS) is 21.9. The minimum Gasteiger partial charge on any atom is -0.372 e. The number of nitrogens with zero attached hydrogens (tertiary/aromatic N) is 1. The van der Waals surface area contributed by atoms with Gasteiger partial charge in [0.1, 0.15) is 12.4 Å². The maximum Gasteiger partial charge on any atom is 0.248 e. The summed E-state index contributed by atoms with van der Waals surface area (Å²) < 4.78 is 5.07. The summed E-state index contributed by atoms with van der Waals surface area (Å²) in [4.78, 5) is 24.8. The van der Waals surface area contributed by atoms with Crippen molar-refractivity contribution in [2.75, 3.05) is 26.3 Å². The fraction of sp³-hybridized carbons (Fsp3) is 0.818.